The zero-order chi connectivity index (χ0) is 15.6. The SMILES string of the molecule is CCCCC(CC)COP(=O)(O)C(C)(CC)CCCC. The van der Waals surface area contributed by atoms with Gasteiger partial charge in [0.15, 0.2) is 0 Å². The van der Waals surface area contributed by atoms with E-state index in [2.05, 4.69) is 20.8 Å². The van der Waals surface area contributed by atoms with Crippen LogP contribution in [0.3, 0.4) is 0 Å². The molecule has 0 aromatic rings. The summed E-state index contributed by atoms with van der Waals surface area (Å²) in [6.07, 6.45) is 7.90. The molecule has 4 heteroatoms. The molecule has 0 spiro atoms. The van der Waals surface area contributed by atoms with Gasteiger partial charge in [-0.3, -0.25) is 4.57 Å². The molecular formula is C16H35O3P. The molecule has 0 rings (SSSR count). The maximum absolute atomic E-state index is 12.6. The van der Waals surface area contributed by atoms with Crippen LogP contribution in [-0.4, -0.2) is 16.7 Å². The third kappa shape index (κ3) is 6.28. The summed E-state index contributed by atoms with van der Waals surface area (Å²) in [5.41, 5.74) is 0. The average molecular weight is 306 g/mol. The van der Waals surface area contributed by atoms with Crippen LogP contribution in [0.1, 0.15) is 86.0 Å². The summed E-state index contributed by atoms with van der Waals surface area (Å²) < 4.78 is 18.1. The fraction of sp³-hybridized carbons (Fsp3) is 1.00. The molecule has 1 N–H and O–H groups in total. The van der Waals surface area contributed by atoms with Crippen LogP contribution in [0, 0.1) is 5.92 Å². The molecule has 0 saturated heterocycles. The van der Waals surface area contributed by atoms with E-state index in [9.17, 15) is 9.46 Å². The van der Waals surface area contributed by atoms with Crippen LogP contribution in [-0.2, 0) is 9.09 Å². The monoisotopic (exact) mass is 306 g/mol. The molecular weight excluding hydrogens is 271 g/mol. The van der Waals surface area contributed by atoms with Gasteiger partial charge in [-0.2, -0.15) is 0 Å². The lowest BCUT2D eigenvalue weighted by Crippen LogP contribution is -2.26. The van der Waals surface area contributed by atoms with Crippen LogP contribution in [0.15, 0.2) is 0 Å². The Hall–Kier alpha value is 0.150. The Balaban J connectivity index is 4.56. The van der Waals surface area contributed by atoms with Crippen molar-refractivity contribution in [3.8, 4) is 0 Å². The zero-order valence-corrected chi connectivity index (χ0v) is 15.0. The van der Waals surface area contributed by atoms with E-state index >= 15 is 0 Å². The van der Waals surface area contributed by atoms with Crippen LogP contribution in [0.5, 0.6) is 0 Å². The lowest BCUT2D eigenvalue weighted by Gasteiger charge is -2.33. The molecule has 0 aliphatic rings. The summed E-state index contributed by atoms with van der Waals surface area (Å²) in [5.74, 6) is 0.405. The third-order valence-electron chi connectivity index (χ3n) is 4.54. The van der Waals surface area contributed by atoms with Gasteiger partial charge in [0.05, 0.1) is 11.8 Å². The maximum Gasteiger partial charge on any atom is 0.333 e. The summed E-state index contributed by atoms with van der Waals surface area (Å²) >= 11 is 0. The first kappa shape index (κ1) is 20.1. The first-order chi connectivity index (χ1) is 9.36. The van der Waals surface area contributed by atoms with Crippen LogP contribution < -0.4 is 0 Å². The molecule has 0 bridgehead atoms. The van der Waals surface area contributed by atoms with Gasteiger partial charge in [-0.05, 0) is 32.1 Å². The second-order valence-electron chi connectivity index (χ2n) is 6.19. The van der Waals surface area contributed by atoms with Gasteiger partial charge >= 0.3 is 7.60 Å². The molecule has 20 heavy (non-hydrogen) atoms. The molecule has 122 valence electrons. The molecule has 0 fully saturated rings. The highest BCUT2D eigenvalue weighted by Crippen LogP contribution is 2.59. The lowest BCUT2D eigenvalue weighted by molar-refractivity contribution is 0.185. The molecule has 3 nitrogen and oxygen atoms in total. The van der Waals surface area contributed by atoms with Crippen molar-refractivity contribution in [1.82, 2.24) is 0 Å². The van der Waals surface area contributed by atoms with Gasteiger partial charge in [0.1, 0.15) is 0 Å². The van der Waals surface area contributed by atoms with Gasteiger partial charge in [0, 0.05) is 0 Å². The fourth-order valence-corrected chi connectivity index (χ4v) is 3.90. The Morgan fingerprint density at radius 1 is 1.15 bits per heavy atom. The molecule has 0 saturated carbocycles. The molecule has 0 aliphatic heterocycles. The number of unbranched alkanes of at least 4 members (excludes halogenated alkanes) is 2. The lowest BCUT2D eigenvalue weighted by atomic mass is 10.0. The second-order valence-corrected chi connectivity index (χ2v) is 8.57. The Morgan fingerprint density at radius 3 is 2.20 bits per heavy atom. The molecule has 0 aliphatic carbocycles. The standard InChI is InChI=1S/C16H35O3P/c1-6-10-12-15(8-3)14-19-20(17,18)16(5,9-4)13-11-7-2/h15H,6-14H2,1-5H3,(H,17,18). The van der Waals surface area contributed by atoms with Gasteiger partial charge in [-0.25, -0.2) is 0 Å². The van der Waals surface area contributed by atoms with Crippen LogP contribution >= 0.6 is 7.60 Å². The van der Waals surface area contributed by atoms with Crippen molar-refractivity contribution in [1.29, 1.82) is 0 Å². The van der Waals surface area contributed by atoms with Gasteiger partial charge in [-0.1, -0.05) is 59.8 Å². The van der Waals surface area contributed by atoms with Crippen LogP contribution in [0.25, 0.3) is 0 Å². The minimum absolute atomic E-state index is 0.405. The molecule has 3 unspecified atom stereocenters. The van der Waals surface area contributed by atoms with Crippen LogP contribution in [0.2, 0.25) is 0 Å². The van der Waals surface area contributed by atoms with E-state index in [0.717, 1.165) is 38.5 Å². The predicted octanol–water partition coefficient (Wildman–Crippen LogP) is 5.76. The van der Waals surface area contributed by atoms with E-state index in [1.165, 1.54) is 6.42 Å². The normalized spacial score (nSPS) is 19.3. The summed E-state index contributed by atoms with van der Waals surface area (Å²) in [6, 6.07) is 0. The minimum Gasteiger partial charge on any atom is -0.324 e. The zero-order valence-electron chi connectivity index (χ0n) is 14.2. The number of hydrogen-bond acceptors (Lipinski definition) is 2. The largest absolute Gasteiger partial charge is 0.333 e. The highest BCUT2D eigenvalue weighted by Gasteiger charge is 2.42. The third-order valence-corrected chi connectivity index (χ3v) is 6.94. The van der Waals surface area contributed by atoms with Crippen molar-refractivity contribution >= 4 is 7.60 Å². The van der Waals surface area contributed by atoms with E-state index < -0.39 is 12.8 Å². The van der Waals surface area contributed by atoms with E-state index in [0.29, 0.717) is 18.9 Å². The Bertz CT molecular complexity index is 293. The van der Waals surface area contributed by atoms with E-state index in [1.807, 2.05) is 13.8 Å². The van der Waals surface area contributed by atoms with Crippen molar-refractivity contribution in [2.24, 2.45) is 5.92 Å². The van der Waals surface area contributed by atoms with Crippen molar-refractivity contribution < 1.29 is 14.0 Å². The molecule has 0 amide bonds. The molecule has 3 atom stereocenters. The summed E-state index contributed by atoms with van der Waals surface area (Å²) in [4.78, 5) is 10.4. The Kier molecular flexibility index (Phi) is 10.0. The van der Waals surface area contributed by atoms with Gasteiger partial charge < -0.3 is 9.42 Å². The highest BCUT2D eigenvalue weighted by atomic mass is 31.2. The van der Waals surface area contributed by atoms with Crippen molar-refractivity contribution in [3.63, 3.8) is 0 Å². The highest BCUT2D eigenvalue weighted by molar-refractivity contribution is 7.54. The fourth-order valence-electron chi connectivity index (χ4n) is 2.34. The van der Waals surface area contributed by atoms with E-state index in [1.54, 1.807) is 0 Å². The Labute approximate surface area is 126 Å². The van der Waals surface area contributed by atoms with Crippen molar-refractivity contribution in [2.45, 2.75) is 91.1 Å². The first-order valence-electron chi connectivity index (χ1n) is 8.34. The second kappa shape index (κ2) is 9.97. The van der Waals surface area contributed by atoms with Gasteiger partial charge in [0.25, 0.3) is 0 Å². The molecule has 0 radical (unpaired) electrons. The topological polar surface area (TPSA) is 46.5 Å². The van der Waals surface area contributed by atoms with Gasteiger partial charge in [0.2, 0.25) is 0 Å². The number of rotatable bonds is 12. The molecule has 0 heterocycles. The Morgan fingerprint density at radius 2 is 1.75 bits per heavy atom. The van der Waals surface area contributed by atoms with Crippen LogP contribution in [0.4, 0.5) is 0 Å². The smallest absolute Gasteiger partial charge is 0.324 e. The minimum atomic E-state index is -3.54. The molecule has 0 aromatic heterocycles. The quantitative estimate of drug-likeness (QED) is 0.466. The van der Waals surface area contributed by atoms with Crippen molar-refractivity contribution in [2.75, 3.05) is 6.61 Å². The molecule has 0 aromatic carbocycles. The first-order valence-corrected chi connectivity index (χ1v) is 9.92. The maximum atomic E-state index is 12.6. The summed E-state index contributed by atoms with van der Waals surface area (Å²) in [5, 5.41) is -0.591. The summed E-state index contributed by atoms with van der Waals surface area (Å²) in [7, 11) is -3.54. The number of hydrogen-bond donors (Lipinski definition) is 1. The van der Waals surface area contributed by atoms with Gasteiger partial charge in [-0.15, -0.1) is 0 Å². The van der Waals surface area contributed by atoms with E-state index in [4.69, 9.17) is 4.52 Å². The summed E-state index contributed by atoms with van der Waals surface area (Å²) in [6.45, 7) is 10.7. The average Bonchev–Trinajstić information content (AvgIpc) is 2.44. The van der Waals surface area contributed by atoms with E-state index in [-0.39, 0.29) is 0 Å². The predicted molar refractivity (Wildman–Crippen MR) is 87.3 cm³/mol. The van der Waals surface area contributed by atoms with Crippen molar-refractivity contribution in [3.05, 3.63) is 0 Å².